The number of hydrogen-bond donors (Lipinski definition) is 1. The van der Waals surface area contributed by atoms with Gasteiger partial charge in [-0.1, -0.05) is 6.07 Å². The Bertz CT molecular complexity index is 425. The van der Waals surface area contributed by atoms with Crippen LogP contribution >= 0.6 is 0 Å². The lowest BCUT2D eigenvalue weighted by Crippen LogP contribution is -2.38. The summed E-state index contributed by atoms with van der Waals surface area (Å²) in [5, 5.41) is 3.48. The van der Waals surface area contributed by atoms with E-state index in [9.17, 15) is 8.78 Å². The van der Waals surface area contributed by atoms with Crippen LogP contribution in [-0.2, 0) is 4.74 Å². The lowest BCUT2D eigenvalue weighted by Gasteiger charge is -2.31. The van der Waals surface area contributed by atoms with Crippen molar-refractivity contribution >= 4 is 0 Å². The van der Waals surface area contributed by atoms with Gasteiger partial charge in [-0.3, -0.25) is 0 Å². The summed E-state index contributed by atoms with van der Waals surface area (Å²) in [6.45, 7) is 1.98. The molecule has 3 atom stereocenters. The summed E-state index contributed by atoms with van der Waals surface area (Å²) in [6, 6.07) is 4.47. The molecule has 1 aliphatic rings. The summed E-state index contributed by atoms with van der Waals surface area (Å²) in [5.74, 6) is -1.59. The molecule has 19 heavy (non-hydrogen) atoms. The molecular weight excluding hydrogens is 248 g/mol. The molecular formula is C15H21F2NO. The van der Waals surface area contributed by atoms with Gasteiger partial charge in [-0.05, 0) is 50.3 Å². The largest absolute Gasteiger partial charge is 0.381 e. The highest BCUT2D eigenvalue weighted by atomic mass is 19.2. The van der Waals surface area contributed by atoms with Crippen molar-refractivity contribution in [3.63, 3.8) is 0 Å². The second-order valence-corrected chi connectivity index (χ2v) is 5.28. The van der Waals surface area contributed by atoms with Crippen molar-refractivity contribution in [2.75, 3.05) is 7.11 Å². The van der Waals surface area contributed by atoms with Crippen molar-refractivity contribution in [3.05, 3.63) is 35.4 Å². The molecule has 0 spiro atoms. The minimum atomic E-state index is -0.798. The Balaban J connectivity index is 1.96. The van der Waals surface area contributed by atoms with Crippen LogP contribution in [0.15, 0.2) is 18.2 Å². The molecule has 1 N–H and O–H groups in total. The highest BCUT2D eigenvalue weighted by molar-refractivity contribution is 5.20. The van der Waals surface area contributed by atoms with Gasteiger partial charge in [0, 0.05) is 19.2 Å². The first-order chi connectivity index (χ1) is 9.10. The van der Waals surface area contributed by atoms with Gasteiger partial charge in [0.05, 0.1) is 6.10 Å². The highest BCUT2D eigenvalue weighted by Gasteiger charge is 2.23. The van der Waals surface area contributed by atoms with Gasteiger partial charge in [0.15, 0.2) is 11.6 Å². The fraction of sp³-hybridized carbons (Fsp3) is 0.600. The van der Waals surface area contributed by atoms with E-state index in [1.165, 1.54) is 12.1 Å². The van der Waals surface area contributed by atoms with Crippen molar-refractivity contribution in [2.45, 2.75) is 50.8 Å². The first-order valence-corrected chi connectivity index (χ1v) is 6.84. The molecule has 0 heterocycles. The van der Waals surface area contributed by atoms with Crippen LogP contribution in [0.25, 0.3) is 0 Å². The zero-order chi connectivity index (χ0) is 13.8. The van der Waals surface area contributed by atoms with E-state index in [0.29, 0.717) is 12.1 Å². The number of ether oxygens (including phenoxy) is 1. The van der Waals surface area contributed by atoms with Crippen molar-refractivity contribution in [2.24, 2.45) is 0 Å². The third-order valence-electron chi connectivity index (χ3n) is 3.89. The summed E-state index contributed by atoms with van der Waals surface area (Å²) in [4.78, 5) is 0. The molecule has 1 aromatic carbocycles. The van der Waals surface area contributed by atoms with Crippen molar-refractivity contribution in [1.29, 1.82) is 0 Å². The second kappa shape index (κ2) is 6.44. The summed E-state index contributed by atoms with van der Waals surface area (Å²) < 4.78 is 31.5. The van der Waals surface area contributed by atoms with E-state index in [1.54, 1.807) is 13.2 Å². The van der Waals surface area contributed by atoms with Gasteiger partial charge in [0.2, 0.25) is 0 Å². The predicted octanol–water partition coefficient (Wildman–Crippen LogP) is 3.57. The molecule has 2 nitrogen and oxygen atoms in total. The Morgan fingerprint density at radius 1 is 1.26 bits per heavy atom. The Kier molecular flexibility index (Phi) is 4.88. The SMILES string of the molecule is COC1CCCC(NC(C)c2ccc(F)c(F)c2)C1. The molecule has 0 radical (unpaired) electrons. The average Bonchev–Trinajstić information content (AvgIpc) is 2.42. The minimum Gasteiger partial charge on any atom is -0.381 e. The summed E-state index contributed by atoms with van der Waals surface area (Å²) in [6.07, 6.45) is 4.64. The Morgan fingerprint density at radius 2 is 2.05 bits per heavy atom. The molecule has 0 amide bonds. The van der Waals surface area contributed by atoms with E-state index >= 15 is 0 Å². The first kappa shape index (κ1) is 14.4. The zero-order valence-corrected chi connectivity index (χ0v) is 11.5. The van der Waals surface area contributed by atoms with Gasteiger partial charge in [0.25, 0.3) is 0 Å². The predicted molar refractivity (Wildman–Crippen MR) is 71.0 cm³/mol. The molecule has 4 heteroatoms. The molecule has 0 saturated heterocycles. The zero-order valence-electron chi connectivity index (χ0n) is 11.5. The van der Waals surface area contributed by atoms with E-state index in [0.717, 1.165) is 31.2 Å². The molecule has 3 unspecified atom stereocenters. The summed E-state index contributed by atoms with van der Waals surface area (Å²) in [7, 11) is 1.74. The van der Waals surface area contributed by atoms with Gasteiger partial charge in [0.1, 0.15) is 0 Å². The second-order valence-electron chi connectivity index (χ2n) is 5.28. The molecule has 2 rings (SSSR count). The maximum atomic E-state index is 13.2. The molecule has 0 aromatic heterocycles. The van der Waals surface area contributed by atoms with Crippen LogP contribution in [0.2, 0.25) is 0 Å². The van der Waals surface area contributed by atoms with E-state index < -0.39 is 11.6 Å². The monoisotopic (exact) mass is 269 g/mol. The topological polar surface area (TPSA) is 21.3 Å². The molecule has 0 bridgehead atoms. The maximum absolute atomic E-state index is 13.2. The van der Waals surface area contributed by atoms with E-state index in [-0.39, 0.29) is 6.04 Å². The van der Waals surface area contributed by atoms with Crippen LogP contribution in [0.3, 0.4) is 0 Å². The van der Waals surface area contributed by atoms with Crippen LogP contribution in [0, 0.1) is 11.6 Å². The number of benzene rings is 1. The highest BCUT2D eigenvalue weighted by Crippen LogP contribution is 2.24. The molecule has 1 saturated carbocycles. The average molecular weight is 269 g/mol. The lowest BCUT2D eigenvalue weighted by atomic mass is 9.92. The number of rotatable bonds is 4. The number of nitrogens with one attached hydrogen (secondary N) is 1. The van der Waals surface area contributed by atoms with Gasteiger partial charge in [-0.2, -0.15) is 0 Å². The third kappa shape index (κ3) is 3.74. The van der Waals surface area contributed by atoms with Crippen molar-refractivity contribution < 1.29 is 13.5 Å². The lowest BCUT2D eigenvalue weighted by molar-refractivity contribution is 0.0572. The van der Waals surface area contributed by atoms with E-state index in [2.05, 4.69) is 5.32 Å². The number of hydrogen-bond acceptors (Lipinski definition) is 2. The van der Waals surface area contributed by atoms with Crippen LogP contribution in [0.4, 0.5) is 8.78 Å². The van der Waals surface area contributed by atoms with Crippen molar-refractivity contribution in [1.82, 2.24) is 5.32 Å². The Hall–Kier alpha value is -1.00. The molecule has 1 aliphatic carbocycles. The van der Waals surface area contributed by atoms with E-state index in [1.807, 2.05) is 6.92 Å². The van der Waals surface area contributed by atoms with Crippen molar-refractivity contribution in [3.8, 4) is 0 Å². The van der Waals surface area contributed by atoms with Crippen LogP contribution in [0.1, 0.15) is 44.2 Å². The molecule has 1 aromatic rings. The minimum absolute atomic E-state index is 0.00991. The standard InChI is InChI=1S/C15H21F2NO/c1-10(11-6-7-14(16)15(17)8-11)18-12-4-3-5-13(9-12)19-2/h6-8,10,12-13,18H,3-5,9H2,1-2H3. The molecule has 106 valence electrons. The molecule has 1 fully saturated rings. The quantitative estimate of drug-likeness (QED) is 0.902. The van der Waals surface area contributed by atoms with E-state index in [4.69, 9.17) is 4.74 Å². The summed E-state index contributed by atoms with van der Waals surface area (Å²) in [5.41, 5.74) is 0.776. The Morgan fingerprint density at radius 3 is 2.74 bits per heavy atom. The third-order valence-corrected chi connectivity index (χ3v) is 3.89. The Labute approximate surface area is 113 Å². The molecule has 0 aliphatic heterocycles. The van der Waals surface area contributed by atoms with Crippen LogP contribution in [0.5, 0.6) is 0 Å². The summed E-state index contributed by atoms with van der Waals surface area (Å²) >= 11 is 0. The number of methoxy groups -OCH3 is 1. The van der Waals surface area contributed by atoms with Gasteiger partial charge in [-0.15, -0.1) is 0 Å². The fourth-order valence-corrected chi connectivity index (χ4v) is 2.74. The van der Waals surface area contributed by atoms with Gasteiger partial charge < -0.3 is 10.1 Å². The van der Waals surface area contributed by atoms with Gasteiger partial charge >= 0.3 is 0 Å². The maximum Gasteiger partial charge on any atom is 0.159 e. The van der Waals surface area contributed by atoms with Gasteiger partial charge in [-0.25, -0.2) is 8.78 Å². The first-order valence-electron chi connectivity index (χ1n) is 6.84. The van der Waals surface area contributed by atoms with Crippen LogP contribution < -0.4 is 5.32 Å². The normalized spacial score (nSPS) is 25.3. The fourth-order valence-electron chi connectivity index (χ4n) is 2.74. The smallest absolute Gasteiger partial charge is 0.159 e. The number of halogens is 2. The van der Waals surface area contributed by atoms with Crippen LogP contribution in [-0.4, -0.2) is 19.3 Å².